The number of hydrogen-bond donors (Lipinski definition) is 5. The van der Waals surface area contributed by atoms with Crippen LogP contribution in [0.4, 0.5) is 0 Å². The van der Waals surface area contributed by atoms with E-state index < -0.39 is 52.0 Å². The van der Waals surface area contributed by atoms with Crippen LogP contribution in [0.1, 0.15) is 62.6 Å². The Balaban J connectivity index is 1.81. The van der Waals surface area contributed by atoms with Crippen molar-refractivity contribution in [1.82, 2.24) is 0 Å². The van der Waals surface area contributed by atoms with Crippen molar-refractivity contribution >= 4 is 23.2 Å². The Hall–Kier alpha value is -3.13. The summed E-state index contributed by atoms with van der Waals surface area (Å²) in [4.78, 5) is 37.7. The molecule has 182 valence electrons. The number of primary amides is 1. The number of hydrogen-bond acceptors (Lipinski definition) is 7. The van der Waals surface area contributed by atoms with Crippen LogP contribution in [0.15, 0.2) is 29.0 Å². The zero-order valence-electron chi connectivity index (χ0n) is 19.4. The fourth-order valence-electron chi connectivity index (χ4n) is 5.98. The number of aromatic hydroxyl groups is 1. The standard InChI is InChI=1S/C26H31NO7/c1-3-12(4-2)5-6-13-7-8-17(28)20-16(13)10-14-9-15-11-18(29)21(25(27)33)24(32)26(15,34)23(31)19(14)22(20)30/h7-8,12,14-15,28,30,32,34H,3-6,9-11H2,1-2H3,(H2,27,33)/t14-,15+,26+/m1/s1. The molecule has 34 heavy (non-hydrogen) atoms. The molecule has 0 aromatic heterocycles. The van der Waals surface area contributed by atoms with Gasteiger partial charge in [-0.05, 0) is 54.7 Å². The van der Waals surface area contributed by atoms with Gasteiger partial charge in [-0.3, -0.25) is 14.4 Å². The van der Waals surface area contributed by atoms with Crippen molar-refractivity contribution in [1.29, 1.82) is 0 Å². The molecule has 1 aromatic rings. The smallest absolute Gasteiger partial charge is 0.255 e. The number of aryl methyl sites for hydroxylation is 1. The Kier molecular flexibility index (Phi) is 6.06. The minimum absolute atomic E-state index is 0.108. The monoisotopic (exact) mass is 469 g/mol. The molecule has 0 saturated heterocycles. The summed E-state index contributed by atoms with van der Waals surface area (Å²) in [6.07, 6.45) is 4.00. The molecule has 1 saturated carbocycles. The molecule has 1 amide bonds. The number of ketones is 2. The number of nitrogens with two attached hydrogens (primary N) is 1. The van der Waals surface area contributed by atoms with Gasteiger partial charge in [0, 0.05) is 17.9 Å². The van der Waals surface area contributed by atoms with Crippen LogP contribution in [0.2, 0.25) is 0 Å². The van der Waals surface area contributed by atoms with Crippen LogP contribution >= 0.6 is 0 Å². The fraction of sp³-hybridized carbons (Fsp3) is 0.500. The summed E-state index contributed by atoms with van der Waals surface area (Å²) >= 11 is 0. The summed E-state index contributed by atoms with van der Waals surface area (Å²) in [7, 11) is 0. The molecule has 8 heteroatoms. The van der Waals surface area contributed by atoms with Crippen molar-refractivity contribution in [2.75, 3.05) is 0 Å². The molecule has 0 spiro atoms. The van der Waals surface area contributed by atoms with E-state index in [1.807, 2.05) is 6.07 Å². The number of carbonyl (C=O) groups excluding carboxylic acids is 3. The van der Waals surface area contributed by atoms with E-state index in [0.29, 0.717) is 12.3 Å². The van der Waals surface area contributed by atoms with E-state index in [-0.39, 0.29) is 29.7 Å². The molecule has 0 unspecified atom stereocenters. The maximum atomic E-state index is 13.5. The average molecular weight is 470 g/mol. The third-order valence-corrected chi connectivity index (χ3v) is 8.02. The van der Waals surface area contributed by atoms with Gasteiger partial charge in [-0.15, -0.1) is 0 Å². The number of benzene rings is 1. The lowest BCUT2D eigenvalue weighted by molar-refractivity contribution is -0.147. The number of Topliss-reactive ketones (excluding diaryl/α,β-unsaturated/α-hetero) is 2. The molecule has 3 atom stereocenters. The predicted octanol–water partition coefficient (Wildman–Crippen LogP) is 2.79. The molecule has 0 heterocycles. The molecule has 3 aliphatic rings. The molecule has 3 aliphatic carbocycles. The Bertz CT molecular complexity index is 1140. The fourth-order valence-corrected chi connectivity index (χ4v) is 5.98. The van der Waals surface area contributed by atoms with E-state index in [1.165, 1.54) is 6.07 Å². The minimum Gasteiger partial charge on any atom is -0.508 e. The van der Waals surface area contributed by atoms with Gasteiger partial charge in [0.2, 0.25) is 5.78 Å². The second-order valence-corrected chi connectivity index (χ2v) is 9.73. The molecule has 6 N–H and O–H groups in total. The Labute approximate surface area is 197 Å². The highest BCUT2D eigenvalue weighted by atomic mass is 16.3. The first-order valence-corrected chi connectivity index (χ1v) is 11.9. The Morgan fingerprint density at radius 3 is 2.44 bits per heavy atom. The Morgan fingerprint density at radius 2 is 1.82 bits per heavy atom. The van der Waals surface area contributed by atoms with Crippen molar-refractivity contribution < 1.29 is 34.8 Å². The topological polar surface area (TPSA) is 158 Å². The number of carbonyl (C=O) groups is 3. The Morgan fingerprint density at radius 1 is 1.15 bits per heavy atom. The van der Waals surface area contributed by atoms with Crippen molar-refractivity contribution in [2.45, 2.75) is 64.4 Å². The van der Waals surface area contributed by atoms with Crippen LogP contribution in [0.5, 0.6) is 5.75 Å². The lowest BCUT2D eigenvalue weighted by Crippen LogP contribution is -2.58. The summed E-state index contributed by atoms with van der Waals surface area (Å²) in [6, 6.07) is 3.33. The quantitative estimate of drug-likeness (QED) is 0.401. The lowest BCUT2D eigenvalue weighted by atomic mass is 9.59. The normalized spacial score (nSPS) is 26.5. The number of amides is 1. The van der Waals surface area contributed by atoms with Crippen molar-refractivity contribution in [3.05, 3.63) is 45.7 Å². The van der Waals surface area contributed by atoms with E-state index in [2.05, 4.69) is 13.8 Å². The van der Waals surface area contributed by atoms with E-state index in [4.69, 9.17) is 5.73 Å². The van der Waals surface area contributed by atoms with Crippen LogP contribution < -0.4 is 5.73 Å². The average Bonchev–Trinajstić information content (AvgIpc) is 2.78. The molecule has 0 bridgehead atoms. The summed E-state index contributed by atoms with van der Waals surface area (Å²) < 4.78 is 0. The van der Waals surface area contributed by atoms with Crippen LogP contribution in [-0.4, -0.2) is 43.5 Å². The minimum atomic E-state index is -2.53. The first-order chi connectivity index (χ1) is 16.1. The van der Waals surface area contributed by atoms with E-state index in [1.54, 1.807) is 0 Å². The number of phenolic OH excluding ortho intramolecular Hbond substituents is 1. The SMILES string of the molecule is CCC(CC)CCc1ccc(O)c2c1C[C@H]1C[C@H]3CC(=O)C(C(N)=O)=C(O)[C@@]3(O)C(=O)C1=C2O. The maximum absolute atomic E-state index is 13.5. The van der Waals surface area contributed by atoms with Crippen molar-refractivity contribution in [3.8, 4) is 5.75 Å². The highest BCUT2D eigenvalue weighted by molar-refractivity contribution is 6.22. The summed E-state index contributed by atoms with van der Waals surface area (Å²) in [5, 5.41) is 43.6. The van der Waals surface area contributed by atoms with Gasteiger partial charge in [0.05, 0.1) is 5.56 Å². The van der Waals surface area contributed by atoms with Gasteiger partial charge in [0.1, 0.15) is 22.8 Å². The second-order valence-electron chi connectivity index (χ2n) is 9.73. The first kappa shape index (κ1) is 24.0. The molecule has 0 aliphatic heterocycles. The number of aliphatic hydroxyl groups is 3. The van der Waals surface area contributed by atoms with Gasteiger partial charge < -0.3 is 26.2 Å². The largest absolute Gasteiger partial charge is 0.508 e. The van der Waals surface area contributed by atoms with Crippen molar-refractivity contribution in [3.63, 3.8) is 0 Å². The van der Waals surface area contributed by atoms with Gasteiger partial charge >= 0.3 is 0 Å². The second kappa shape index (κ2) is 8.58. The molecule has 1 fully saturated rings. The molecular weight excluding hydrogens is 438 g/mol. The van der Waals surface area contributed by atoms with Crippen molar-refractivity contribution in [2.24, 2.45) is 23.5 Å². The molecule has 1 aromatic carbocycles. The first-order valence-electron chi connectivity index (χ1n) is 11.9. The summed E-state index contributed by atoms with van der Waals surface area (Å²) in [5.74, 6) is -5.49. The molecular formula is C26H31NO7. The zero-order valence-corrected chi connectivity index (χ0v) is 19.4. The number of fused-ring (bicyclic) bond motifs is 3. The van der Waals surface area contributed by atoms with E-state index >= 15 is 0 Å². The highest BCUT2D eigenvalue weighted by Crippen LogP contribution is 2.52. The van der Waals surface area contributed by atoms with Crippen LogP contribution in [-0.2, 0) is 27.2 Å². The van der Waals surface area contributed by atoms with Gasteiger partial charge in [-0.2, -0.15) is 0 Å². The number of phenols is 1. The van der Waals surface area contributed by atoms with Gasteiger partial charge in [0.15, 0.2) is 11.4 Å². The van der Waals surface area contributed by atoms with Crippen LogP contribution in [0, 0.1) is 17.8 Å². The highest BCUT2D eigenvalue weighted by Gasteiger charge is 2.60. The van der Waals surface area contributed by atoms with Gasteiger partial charge in [-0.1, -0.05) is 32.8 Å². The predicted molar refractivity (Wildman–Crippen MR) is 124 cm³/mol. The third kappa shape index (κ3) is 3.43. The molecule has 4 rings (SSSR count). The van der Waals surface area contributed by atoms with Crippen LogP contribution in [0.25, 0.3) is 5.76 Å². The molecule has 8 nitrogen and oxygen atoms in total. The summed E-state index contributed by atoms with van der Waals surface area (Å²) in [5.41, 5.74) is 3.69. The summed E-state index contributed by atoms with van der Waals surface area (Å²) in [6.45, 7) is 4.30. The van der Waals surface area contributed by atoms with Gasteiger partial charge in [-0.25, -0.2) is 0 Å². The molecule has 0 radical (unpaired) electrons. The number of aliphatic hydroxyl groups excluding tert-OH is 2. The third-order valence-electron chi connectivity index (χ3n) is 8.02. The van der Waals surface area contributed by atoms with Crippen LogP contribution in [0.3, 0.4) is 0 Å². The maximum Gasteiger partial charge on any atom is 0.255 e. The zero-order chi connectivity index (χ0) is 24.9. The number of rotatable bonds is 6. The lowest BCUT2D eigenvalue weighted by Gasteiger charge is -2.46. The van der Waals surface area contributed by atoms with E-state index in [0.717, 1.165) is 36.8 Å². The van der Waals surface area contributed by atoms with E-state index in [9.17, 15) is 34.8 Å². The van der Waals surface area contributed by atoms with Gasteiger partial charge in [0.25, 0.3) is 5.91 Å².